The molecule has 0 saturated carbocycles. The van der Waals surface area contributed by atoms with Gasteiger partial charge in [0.05, 0.1) is 12.5 Å². The highest BCUT2D eigenvalue weighted by molar-refractivity contribution is 5.92. The first kappa shape index (κ1) is 13.8. The fraction of sp³-hybridized carbons (Fsp3) is 0.500. The number of carbonyl (C=O) groups is 1. The van der Waals surface area contributed by atoms with Gasteiger partial charge in [0, 0.05) is 18.3 Å². The quantitative estimate of drug-likeness (QED) is 0.878. The van der Waals surface area contributed by atoms with Crippen molar-refractivity contribution < 1.29 is 13.9 Å². The van der Waals surface area contributed by atoms with E-state index in [0.29, 0.717) is 18.8 Å². The fourth-order valence-corrected chi connectivity index (χ4v) is 2.17. The zero-order chi connectivity index (χ0) is 13.7. The van der Waals surface area contributed by atoms with Crippen LogP contribution in [0.25, 0.3) is 0 Å². The van der Waals surface area contributed by atoms with Gasteiger partial charge in [0.1, 0.15) is 0 Å². The summed E-state index contributed by atoms with van der Waals surface area (Å²) in [4.78, 5) is 12.0. The summed E-state index contributed by atoms with van der Waals surface area (Å²) in [6.45, 7) is 3.86. The average molecular weight is 266 g/mol. The molecule has 0 aromatic heterocycles. The van der Waals surface area contributed by atoms with Gasteiger partial charge < -0.3 is 15.4 Å². The van der Waals surface area contributed by atoms with Crippen LogP contribution in [0.15, 0.2) is 18.2 Å². The van der Waals surface area contributed by atoms with E-state index in [0.717, 1.165) is 19.4 Å². The highest BCUT2D eigenvalue weighted by atomic mass is 19.1. The third kappa shape index (κ3) is 3.67. The largest absolute Gasteiger partial charge is 0.491 e. The second kappa shape index (κ2) is 6.52. The Bertz CT molecular complexity index is 445. The molecule has 0 aliphatic carbocycles. The fourth-order valence-electron chi connectivity index (χ4n) is 2.17. The second-order valence-corrected chi connectivity index (χ2v) is 4.61. The molecule has 1 atom stereocenters. The first-order valence-corrected chi connectivity index (χ1v) is 6.64. The number of amides is 1. The van der Waals surface area contributed by atoms with Crippen LogP contribution in [-0.4, -0.2) is 25.6 Å². The molecular formula is C14H19FN2O2. The molecule has 4 nitrogen and oxygen atoms in total. The first-order valence-electron chi connectivity index (χ1n) is 6.64. The molecule has 104 valence electrons. The van der Waals surface area contributed by atoms with E-state index >= 15 is 0 Å². The summed E-state index contributed by atoms with van der Waals surface area (Å²) >= 11 is 0. The van der Waals surface area contributed by atoms with Gasteiger partial charge in [0.15, 0.2) is 11.6 Å². The van der Waals surface area contributed by atoms with E-state index in [2.05, 4.69) is 10.6 Å². The van der Waals surface area contributed by atoms with Gasteiger partial charge >= 0.3 is 0 Å². The highest BCUT2D eigenvalue weighted by Gasteiger charge is 2.21. The van der Waals surface area contributed by atoms with Gasteiger partial charge in [-0.3, -0.25) is 4.79 Å². The van der Waals surface area contributed by atoms with Crippen LogP contribution in [0, 0.1) is 11.7 Å². The lowest BCUT2D eigenvalue weighted by Gasteiger charge is -2.22. The maximum absolute atomic E-state index is 13.6. The number of halogens is 1. The zero-order valence-electron chi connectivity index (χ0n) is 11.0. The Morgan fingerprint density at radius 3 is 3.05 bits per heavy atom. The molecule has 1 aliphatic rings. The van der Waals surface area contributed by atoms with Crippen molar-refractivity contribution in [3.05, 3.63) is 24.0 Å². The van der Waals surface area contributed by atoms with Gasteiger partial charge in [-0.15, -0.1) is 0 Å². The molecule has 1 aromatic carbocycles. The Hall–Kier alpha value is -1.62. The zero-order valence-corrected chi connectivity index (χ0v) is 11.0. The number of anilines is 1. The maximum atomic E-state index is 13.6. The predicted molar refractivity (Wildman–Crippen MR) is 71.8 cm³/mol. The minimum absolute atomic E-state index is 0.0385. The lowest BCUT2D eigenvalue weighted by atomic mass is 9.99. The molecule has 0 unspecified atom stereocenters. The summed E-state index contributed by atoms with van der Waals surface area (Å²) in [5.41, 5.74) is 0.469. The molecule has 1 heterocycles. The predicted octanol–water partition coefficient (Wildman–Crippen LogP) is 2.16. The van der Waals surface area contributed by atoms with Gasteiger partial charge in [0.2, 0.25) is 5.91 Å². The van der Waals surface area contributed by atoms with E-state index in [-0.39, 0.29) is 17.6 Å². The SMILES string of the molecule is CCOc1ccc(NC(=O)[C@H]2CCCNC2)cc1F. The van der Waals surface area contributed by atoms with Gasteiger partial charge in [-0.2, -0.15) is 0 Å². The van der Waals surface area contributed by atoms with Crippen molar-refractivity contribution in [2.45, 2.75) is 19.8 Å². The Balaban J connectivity index is 1.98. The number of piperidine rings is 1. The maximum Gasteiger partial charge on any atom is 0.228 e. The number of ether oxygens (including phenoxy) is 1. The van der Waals surface area contributed by atoms with Crippen LogP contribution in [0.2, 0.25) is 0 Å². The summed E-state index contributed by atoms with van der Waals surface area (Å²) in [7, 11) is 0. The normalized spacial score (nSPS) is 18.9. The number of benzene rings is 1. The summed E-state index contributed by atoms with van der Waals surface area (Å²) < 4.78 is 18.8. The molecule has 19 heavy (non-hydrogen) atoms. The van der Waals surface area contributed by atoms with Crippen LogP contribution in [0.4, 0.5) is 10.1 Å². The Morgan fingerprint density at radius 1 is 1.58 bits per heavy atom. The minimum atomic E-state index is -0.457. The lowest BCUT2D eigenvalue weighted by Crippen LogP contribution is -2.37. The summed E-state index contributed by atoms with van der Waals surface area (Å²) in [6, 6.07) is 4.48. The number of nitrogens with one attached hydrogen (secondary N) is 2. The smallest absolute Gasteiger partial charge is 0.228 e. The van der Waals surface area contributed by atoms with Crippen molar-refractivity contribution in [3.8, 4) is 5.75 Å². The van der Waals surface area contributed by atoms with Gasteiger partial charge in [-0.05, 0) is 38.4 Å². The number of carbonyl (C=O) groups excluding carboxylic acids is 1. The molecule has 1 amide bonds. The number of rotatable bonds is 4. The molecule has 0 bridgehead atoms. The third-order valence-electron chi connectivity index (χ3n) is 3.17. The molecule has 1 fully saturated rings. The number of hydrogen-bond acceptors (Lipinski definition) is 3. The van der Waals surface area contributed by atoms with E-state index in [1.165, 1.54) is 12.1 Å². The van der Waals surface area contributed by atoms with Crippen molar-refractivity contribution in [1.29, 1.82) is 0 Å². The third-order valence-corrected chi connectivity index (χ3v) is 3.17. The minimum Gasteiger partial charge on any atom is -0.491 e. The van der Waals surface area contributed by atoms with E-state index in [1.807, 2.05) is 0 Å². The van der Waals surface area contributed by atoms with Crippen molar-refractivity contribution in [2.24, 2.45) is 5.92 Å². The van der Waals surface area contributed by atoms with Gasteiger partial charge in [0.25, 0.3) is 0 Å². The van der Waals surface area contributed by atoms with Crippen LogP contribution in [0.1, 0.15) is 19.8 Å². The molecule has 1 saturated heterocycles. The van der Waals surface area contributed by atoms with E-state index < -0.39 is 5.82 Å². The number of hydrogen-bond donors (Lipinski definition) is 2. The Morgan fingerprint density at radius 2 is 2.42 bits per heavy atom. The van der Waals surface area contributed by atoms with Crippen LogP contribution in [0.3, 0.4) is 0 Å². The topological polar surface area (TPSA) is 50.4 Å². The van der Waals surface area contributed by atoms with Crippen LogP contribution >= 0.6 is 0 Å². The van der Waals surface area contributed by atoms with Crippen molar-refractivity contribution >= 4 is 11.6 Å². The standard InChI is InChI=1S/C14H19FN2O2/c1-2-19-13-6-5-11(8-12(13)15)17-14(18)10-4-3-7-16-9-10/h5-6,8,10,16H,2-4,7,9H2,1H3,(H,17,18)/t10-/m0/s1. The molecular weight excluding hydrogens is 247 g/mol. The molecule has 1 aromatic rings. The van der Waals surface area contributed by atoms with Crippen LogP contribution in [0.5, 0.6) is 5.75 Å². The summed E-state index contributed by atoms with van der Waals surface area (Å²) in [6.07, 6.45) is 1.87. The molecule has 2 N–H and O–H groups in total. The first-order chi connectivity index (χ1) is 9.20. The Kier molecular flexibility index (Phi) is 4.74. The average Bonchev–Trinajstić information content (AvgIpc) is 2.43. The molecule has 5 heteroatoms. The second-order valence-electron chi connectivity index (χ2n) is 4.61. The van der Waals surface area contributed by atoms with Crippen molar-refractivity contribution in [3.63, 3.8) is 0 Å². The lowest BCUT2D eigenvalue weighted by molar-refractivity contribution is -0.120. The van der Waals surface area contributed by atoms with Gasteiger partial charge in [-0.1, -0.05) is 0 Å². The van der Waals surface area contributed by atoms with E-state index in [9.17, 15) is 9.18 Å². The molecule has 0 radical (unpaired) electrons. The molecule has 2 rings (SSSR count). The van der Waals surface area contributed by atoms with E-state index in [1.54, 1.807) is 13.0 Å². The molecule has 1 aliphatic heterocycles. The summed E-state index contributed by atoms with van der Waals surface area (Å²) in [5, 5.41) is 5.93. The highest BCUT2D eigenvalue weighted by Crippen LogP contribution is 2.22. The van der Waals surface area contributed by atoms with Crippen LogP contribution in [-0.2, 0) is 4.79 Å². The van der Waals surface area contributed by atoms with E-state index in [4.69, 9.17) is 4.74 Å². The molecule has 0 spiro atoms. The van der Waals surface area contributed by atoms with Crippen LogP contribution < -0.4 is 15.4 Å². The van der Waals surface area contributed by atoms with Crippen molar-refractivity contribution in [2.75, 3.05) is 25.0 Å². The van der Waals surface area contributed by atoms with Crippen molar-refractivity contribution in [1.82, 2.24) is 5.32 Å². The monoisotopic (exact) mass is 266 g/mol. The van der Waals surface area contributed by atoms with Gasteiger partial charge in [-0.25, -0.2) is 4.39 Å². The Labute approximate surface area is 112 Å². The summed E-state index contributed by atoms with van der Waals surface area (Å²) in [5.74, 6) is -0.347.